The molecule has 1 aliphatic heterocycles. The van der Waals surface area contributed by atoms with Crippen LogP contribution in [0.4, 0.5) is 14.5 Å². The van der Waals surface area contributed by atoms with E-state index in [0.717, 1.165) is 16.6 Å². The fraction of sp³-hybridized carbons (Fsp3) is 0.464. The van der Waals surface area contributed by atoms with Crippen molar-refractivity contribution in [2.45, 2.75) is 75.6 Å². The van der Waals surface area contributed by atoms with Crippen molar-refractivity contribution in [2.24, 2.45) is 0 Å². The van der Waals surface area contributed by atoms with Gasteiger partial charge in [-0.2, -0.15) is 0 Å². The van der Waals surface area contributed by atoms with E-state index in [4.69, 9.17) is 5.11 Å². The van der Waals surface area contributed by atoms with Crippen molar-refractivity contribution in [1.29, 1.82) is 0 Å². The molecule has 210 valence electrons. The normalized spacial score (nSPS) is 19.5. The zero-order valence-electron chi connectivity index (χ0n) is 21.8. The number of anilines is 1. The van der Waals surface area contributed by atoms with Crippen LogP contribution >= 0.6 is 0 Å². The summed E-state index contributed by atoms with van der Waals surface area (Å²) >= 11 is 0. The van der Waals surface area contributed by atoms with E-state index in [1.807, 2.05) is 31.4 Å². The number of benzene rings is 2. The standard InChI is InChI=1S/C28H32F2N2O7/c1-26(2,3)23-11-15-10-17(5-6-18(15)32(23)13-19(34)24(36)20(35)14-33)31-25(37)27(8-9-27)16-4-7-21-22(12-16)39-28(29,30)38-21/h4-7,10-12,19-20,24,33-36H,8-9,13-14H2,1-3H3,(H,31,37)/t19-,20+,24-/m1/s1. The largest absolute Gasteiger partial charge is 0.586 e. The van der Waals surface area contributed by atoms with Crippen LogP contribution in [-0.4, -0.2) is 62.1 Å². The van der Waals surface area contributed by atoms with Gasteiger partial charge in [0.2, 0.25) is 5.91 Å². The molecule has 2 heterocycles. The molecular formula is C28H32F2N2O7. The number of carbonyl (C=O) groups excluding carboxylic acids is 1. The van der Waals surface area contributed by atoms with Gasteiger partial charge in [0.1, 0.15) is 18.3 Å². The van der Waals surface area contributed by atoms with E-state index in [-0.39, 0.29) is 29.4 Å². The molecule has 0 radical (unpaired) electrons. The number of ether oxygens (including phenoxy) is 2. The lowest BCUT2D eigenvalue weighted by atomic mass is 9.92. The topological polar surface area (TPSA) is 133 Å². The first-order valence-electron chi connectivity index (χ1n) is 12.7. The molecule has 0 unspecified atom stereocenters. The Bertz CT molecular complexity index is 1410. The summed E-state index contributed by atoms with van der Waals surface area (Å²) in [6.07, 6.45) is -6.96. The van der Waals surface area contributed by atoms with Gasteiger partial charge < -0.3 is 39.8 Å². The van der Waals surface area contributed by atoms with Crippen LogP contribution in [0.1, 0.15) is 44.9 Å². The lowest BCUT2D eigenvalue weighted by Gasteiger charge is -2.27. The minimum Gasteiger partial charge on any atom is -0.395 e. The van der Waals surface area contributed by atoms with Gasteiger partial charge in [-0.05, 0) is 54.8 Å². The van der Waals surface area contributed by atoms with E-state index in [1.165, 1.54) is 12.1 Å². The molecule has 3 atom stereocenters. The number of halogens is 2. The van der Waals surface area contributed by atoms with Crippen LogP contribution in [0.15, 0.2) is 42.5 Å². The van der Waals surface area contributed by atoms with Crippen molar-refractivity contribution < 1.29 is 43.5 Å². The molecule has 1 aliphatic carbocycles. The molecule has 0 spiro atoms. The van der Waals surface area contributed by atoms with Gasteiger partial charge in [0, 0.05) is 27.7 Å². The summed E-state index contributed by atoms with van der Waals surface area (Å²) in [5.74, 6) is -0.444. The SMILES string of the molecule is CC(C)(C)c1cc2cc(NC(=O)C3(c4ccc5c(c4)OC(F)(F)O5)CC3)ccc2n1C[C@@H](O)[C@@H](O)[C@@H](O)CO. The van der Waals surface area contributed by atoms with E-state index in [2.05, 4.69) is 14.8 Å². The number of amides is 1. The Labute approximate surface area is 223 Å². The Kier molecular flexibility index (Phi) is 6.61. The number of aliphatic hydroxyl groups is 4. The maximum atomic E-state index is 13.4. The van der Waals surface area contributed by atoms with Gasteiger partial charge in [0.25, 0.3) is 0 Å². The molecule has 0 saturated heterocycles. The monoisotopic (exact) mass is 546 g/mol. The Hall–Kier alpha value is -3.25. The molecule has 5 N–H and O–H groups in total. The summed E-state index contributed by atoms with van der Waals surface area (Å²) in [7, 11) is 0. The van der Waals surface area contributed by atoms with Crippen molar-refractivity contribution in [2.75, 3.05) is 11.9 Å². The smallest absolute Gasteiger partial charge is 0.395 e. The third kappa shape index (κ3) is 5.07. The third-order valence-corrected chi connectivity index (χ3v) is 7.41. The van der Waals surface area contributed by atoms with Gasteiger partial charge in [0.05, 0.1) is 18.6 Å². The summed E-state index contributed by atoms with van der Waals surface area (Å²) < 4.78 is 37.8. The zero-order chi connectivity index (χ0) is 28.3. The summed E-state index contributed by atoms with van der Waals surface area (Å²) in [4.78, 5) is 13.4. The Morgan fingerprint density at radius 2 is 1.72 bits per heavy atom. The van der Waals surface area contributed by atoms with Gasteiger partial charge in [-0.15, -0.1) is 8.78 Å². The molecule has 9 nitrogen and oxygen atoms in total. The molecular weight excluding hydrogens is 514 g/mol. The fourth-order valence-electron chi connectivity index (χ4n) is 5.10. The molecule has 1 saturated carbocycles. The molecule has 11 heteroatoms. The van der Waals surface area contributed by atoms with E-state index >= 15 is 0 Å². The van der Waals surface area contributed by atoms with E-state index in [9.17, 15) is 28.9 Å². The predicted molar refractivity (Wildman–Crippen MR) is 138 cm³/mol. The fourth-order valence-corrected chi connectivity index (χ4v) is 5.10. The number of hydrogen-bond donors (Lipinski definition) is 5. The van der Waals surface area contributed by atoms with Crippen molar-refractivity contribution in [3.63, 3.8) is 0 Å². The van der Waals surface area contributed by atoms with Crippen LogP contribution in [0.2, 0.25) is 0 Å². The molecule has 3 aromatic rings. The van der Waals surface area contributed by atoms with Crippen LogP contribution in [0, 0.1) is 0 Å². The minimum absolute atomic E-state index is 0.0215. The number of nitrogens with zero attached hydrogens (tertiary/aromatic N) is 1. The lowest BCUT2D eigenvalue weighted by molar-refractivity contribution is -0.286. The number of fused-ring (bicyclic) bond motifs is 2. The molecule has 2 aromatic carbocycles. The van der Waals surface area contributed by atoms with Gasteiger partial charge >= 0.3 is 6.29 Å². The first kappa shape index (κ1) is 27.3. The van der Waals surface area contributed by atoms with Crippen LogP contribution in [0.5, 0.6) is 11.5 Å². The maximum Gasteiger partial charge on any atom is 0.586 e. The second kappa shape index (κ2) is 9.44. The lowest BCUT2D eigenvalue weighted by Crippen LogP contribution is -2.42. The highest BCUT2D eigenvalue weighted by Crippen LogP contribution is 2.52. The van der Waals surface area contributed by atoms with Gasteiger partial charge in [-0.1, -0.05) is 26.8 Å². The average molecular weight is 547 g/mol. The Morgan fingerprint density at radius 1 is 1.03 bits per heavy atom. The van der Waals surface area contributed by atoms with Crippen LogP contribution in [0.3, 0.4) is 0 Å². The highest BCUT2D eigenvalue weighted by Gasteiger charge is 2.52. The predicted octanol–water partition coefficient (Wildman–Crippen LogP) is 3.01. The summed E-state index contributed by atoms with van der Waals surface area (Å²) in [6, 6.07) is 11.7. The second-order valence-electron chi connectivity index (χ2n) is 11.3. The molecule has 0 bridgehead atoms. The third-order valence-electron chi connectivity index (χ3n) is 7.41. The number of carbonyl (C=O) groups is 1. The number of aliphatic hydroxyl groups excluding tert-OH is 4. The molecule has 39 heavy (non-hydrogen) atoms. The van der Waals surface area contributed by atoms with Crippen LogP contribution in [0.25, 0.3) is 10.9 Å². The summed E-state index contributed by atoms with van der Waals surface area (Å²) in [5.41, 5.74) is 1.53. The molecule has 2 aliphatic rings. The van der Waals surface area contributed by atoms with Gasteiger partial charge in [-0.25, -0.2) is 0 Å². The summed E-state index contributed by atoms with van der Waals surface area (Å²) in [6.45, 7) is 5.31. The zero-order valence-corrected chi connectivity index (χ0v) is 21.8. The Morgan fingerprint density at radius 3 is 2.36 bits per heavy atom. The van der Waals surface area contributed by atoms with Crippen molar-refractivity contribution in [3.05, 3.63) is 53.7 Å². The summed E-state index contributed by atoms with van der Waals surface area (Å²) in [5, 5.41) is 43.3. The van der Waals surface area contributed by atoms with Crippen molar-refractivity contribution >= 4 is 22.5 Å². The molecule has 1 amide bonds. The highest BCUT2D eigenvalue weighted by atomic mass is 19.3. The first-order valence-corrected chi connectivity index (χ1v) is 12.7. The quantitative estimate of drug-likeness (QED) is 0.293. The van der Waals surface area contributed by atoms with Crippen LogP contribution in [-0.2, 0) is 22.2 Å². The van der Waals surface area contributed by atoms with E-state index in [0.29, 0.717) is 24.1 Å². The van der Waals surface area contributed by atoms with E-state index < -0.39 is 36.6 Å². The minimum atomic E-state index is -3.73. The number of alkyl halides is 2. The number of nitrogens with one attached hydrogen (secondary N) is 1. The number of aromatic nitrogens is 1. The average Bonchev–Trinajstić information content (AvgIpc) is 3.51. The van der Waals surface area contributed by atoms with Gasteiger partial charge in [0.15, 0.2) is 11.5 Å². The van der Waals surface area contributed by atoms with E-state index in [1.54, 1.807) is 24.3 Å². The molecule has 1 fully saturated rings. The van der Waals surface area contributed by atoms with Crippen LogP contribution < -0.4 is 14.8 Å². The van der Waals surface area contributed by atoms with Crippen molar-refractivity contribution in [3.8, 4) is 11.5 Å². The second-order valence-corrected chi connectivity index (χ2v) is 11.3. The van der Waals surface area contributed by atoms with Crippen molar-refractivity contribution in [1.82, 2.24) is 4.57 Å². The first-order chi connectivity index (χ1) is 18.2. The molecule has 1 aromatic heterocycles. The molecule has 5 rings (SSSR count). The Balaban J connectivity index is 1.40. The number of hydrogen-bond acceptors (Lipinski definition) is 7. The highest BCUT2D eigenvalue weighted by molar-refractivity contribution is 6.02. The number of rotatable bonds is 8. The maximum absolute atomic E-state index is 13.4. The van der Waals surface area contributed by atoms with Gasteiger partial charge in [-0.3, -0.25) is 4.79 Å².